The maximum atomic E-state index is 13.4. The largest absolute Gasteiger partial charge is 0.496 e. The zero-order chi connectivity index (χ0) is 24.2. The molecule has 1 aliphatic heterocycles. The van der Waals surface area contributed by atoms with E-state index in [0.717, 1.165) is 11.1 Å². The topological polar surface area (TPSA) is 95.5 Å². The number of rotatable bonds is 8. The van der Waals surface area contributed by atoms with E-state index in [-0.39, 0.29) is 24.7 Å². The predicted octanol–water partition coefficient (Wildman–Crippen LogP) is 4.26. The van der Waals surface area contributed by atoms with Crippen LogP contribution in [-0.2, 0) is 0 Å². The van der Waals surface area contributed by atoms with E-state index in [4.69, 9.17) is 4.74 Å². The molecule has 1 aliphatic rings. The van der Waals surface area contributed by atoms with Crippen LogP contribution < -0.4 is 4.74 Å². The Kier molecular flexibility index (Phi) is 7.02. The number of carbonyl (C=O) groups excluding carboxylic acids is 2. The van der Waals surface area contributed by atoms with Crippen LogP contribution in [0.4, 0.5) is 8.78 Å². The Labute approximate surface area is 195 Å². The standard InChI is InChI=1S/C25H25F2N3O4/c1-34-23-10-17(5-6-20(23)18-12-28-29-13-18)25(33)30-14-19(31)11-21(30)15-3-2-4-16(9-15)22(32)7-8-24(26)27/h2-6,9-10,12-13,19,21,24,31H,7-8,11,14H2,1H3,(H,28,29)/t19?,21-/m1/s1. The van der Waals surface area contributed by atoms with Gasteiger partial charge in [0, 0.05) is 47.8 Å². The van der Waals surface area contributed by atoms with Crippen LogP contribution in [0.2, 0.25) is 0 Å². The molecule has 0 aliphatic carbocycles. The Morgan fingerprint density at radius 1 is 1.24 bits per heavy atom. The van der Waals surface area contributed by atoms with Gasteiger partial charge in [0.25, 0.3) is 5.91 Å². The van der Waals surface area contributed by atoms with Gasteiger partial charge >= 0.3 is 0 Å². The lowest BCUT2D eigenvalue weighted by molar-refractivity contribution is 0.0715. The van der Waals surface area contributed by atoms with Gasteiger partial charge in [-0.15, -0.1) is 0 Å². The second kappa shape index (κ2) is 10.1. The number of H-pyrrole nitrogens is 1. The molecule has 2 atom stereocenters. The molecule has 2 heterocycles. The van der Waals surface area contributed by atoms with Crippen LogP contribution in [0.15, 0.2) is 54.9 Å². The molecule has 1 saturated heterocycles. The first-order valence-electron chi connectivity index (χ1n) is 10.9. The molecule has 7 nitrogen and oxygen atoms in total. The number of carbonyl (C=O) groups is 2. The highest BCUT2D eigenvalue weighted by atomic mass is 19.3. The van der Waals surface area contributed by atoms with Crippen molar-refractivity contribution in [2.75, 3.05) is 13.7 Å². The molecular formula is C25H25F2N3O4. The van der Waals surface area contributed by atoms with Crippen LogP contribution >= 0.6 is 0 Å². The molecule has 4 rings (SSSR count). The van der Waals surface area contributed by atoms with Gasteiger partial charge in [-0.1, -0.05) is 18.2 Å². The number of amides is 1. The monoisotopic (exact) mass is 469 g/mol. The highest BCUT2D eigenvalue weighted by Gasteiger charge is 2.36. The number of nitrogens with one attached hydrogen (secondary N) is 1. The zero-order valence-electron chi connectivity index (χ0n) is 18.6. The number of aliphatic hydroxyl groups excluding tert-OH is 1. The summed E-state index contributed by atoms with van der Waals surface area (Å²) in [5.41, 5.74) is 2.99. The lowest BCUT2D eigenvalue weighted by atomic mass is 9.98. The number of ether oxygens (including phenoxy) is 1. The van der Waals surface area contributed by atoms with Crippen LogP contribution in [0.1, 0.15) is 51.6 Å². The van der Waals surface area contributed by atoms with Gasteiger partial charge in [0.05, 0.1) is 25.5 Å². The van der Waals surface area contributed by atoms with Crippen molar-refractivity contribution in [1.29, 1.82) is 0 Å². The van der Waals surface area contributed by atoms with Crippen LogP contribution in [0, 0.1) is 0 Å². The molecule has 1 aromatic heterocycles. The number of likely N-dealkylation sites (tertiary alicyclic amines) is 1. The molecule has 0 spiro atoms. The maximum Gasteiger partial charge on any atom is 0.254 e. The summed E-state index contributed by atoms with van der Waals surface area (Å²) in [4.78, 5) is 27.3. The minimum absolute atomic E-state index is 0.138. The van der Waals surface area contributed by atoms with Gasteiger partial charge in [-0.05, 0) is 36.2 Å². The fraction of sp³-hybridized carbons (Fsp3) is 0.320. The van der Waals surface area contributed by atoms with E-state index in [9.17, 15) is 23.5 Å². The van der Waals surface area contributed by atoms with Crippen molar-refractivity contribution in [2.45, 2.75) is 37.8 Å². The smallest absolute Gasteiger partial charge is 0.254 e. The van der Waals surface area contributed by atoms with Gasteiger partial charge in [0.15, 0.2) is 5.78 Å². The molecule has 0 bridgehead atoms. The fourth-order valence-corrected chi connectivity index (χ4v) is 4.28. The first-order chi connectivity index (χ1) is 16.4. The van der Waals surface area contributed by atoms with E-state index in [1.807, 2.05) is 0 Å². The molecule has 1 fully saturated rings. The number of halogens is 2. The van der Waals surface area contributed by atoms with Crippen molar-refractivity contribution in [3.63, 3.8) is 0 Å². The van der Waals surface area contributed by atoms with Crippen molar-refractivity contribution in [3.05, 3.63) is 71.5 Å². The van der Waals surface area contributed by atoms with Crippen molar-refractivity contribution in [2.24, 2.45) is 0 Å². The Bertz CT molecular complexity index is 1170. The molecule has 0 saturated carbocycles. The second-order valence-electron chi connectivity index (χ2n) is 8.24. The number of ketones is 1. The number of Topliss-reactive ketones (excluding diaryl/α,β-unsaturated/α-hetero) is 1. The minimum Gasteiger partial charge on any atom is -0.496 e. The summed E-state index contributed by atoms with van der Waals surface area (Å²) in [6.07, 6.45) is -0.318. The SMILES string of the molecule is COc1cc(C(=O)N2CC(O)C[C@@H]2c2cccc(C(=O)CCC(F)F)c2)ccc1-c1cn[nH]c1. The number of nitrogens with zero attached hydrogens (tertiary/aromatic N) is 2. The van der Waals surface area contributed by atoms with Crippen molar-refractivity contribution >= 4 is 11.7 Å². The van der Waals surface area contributed by atoms with Crippen LogP contribution in [0.5, 0.6) is 5.75 Å². The van der Waals surface area contributed by atoms with Crippen LogP contribution in [0.3, 0.4) is 0 Å². The van der Waals surface area contributed by atoms with Gasteiger partial charge in [0.1, 0.15) is 5.75 Å². The third-order valence-electron chi connectivity index (χ3n) is 5.98. The number of alkyl halides is 2. The highest BCUT2D eigenvalue weighted by Crippen LogP contribution is 2.36. The summed E-state index contributed by atoms with van der Waals surface area (Å²) < 4.78 is 30.5. The number of benzene rings is 2. The van der Waals surface area contributed by atoms with Gasteiger partial charge in [0.2, 0.25) is 6.43 Å². The van der Waals surface area contributed by atoms with Gasteiger partial charge in [-0.3, -0.25) is 14.7 Å². The summed E-state index contributed by atoms with van der Waals surface area (Å²) in [6.45, 7) is 0.138. The molecule has 178 valence electrons. The lowest BCUT2D eigenvalue weighted by Gasteiger charge is -2.25. The summed E-state index contributed by atoms with van der Waals surface area (Å²) in [6, 6.07) is 11.3. The average molecular weight is 469 g/mol. The van der Waals surface area contributed by atoms with Crippen molar-refractivity contribution in [3.8, 4) is 16.9 Å². The molecule has 34 heavy (non-hydrogen) atoms. The number of β-amino-alcohol motifs (C(OH)–C–C–N with tert-alkyl or cyclic N) is 1. The highest BCUT2D eigenvalue weighted by molar-refractivity contribution is 5.97. The first-order valence-corrected chi connectivity index (χ1v) is 10.9. The number of aliphatic hydroxyl groups is 1. The van der Waals surface area contributed by atoms with Gasteiger partial charge in [-0.25, -0.2) is 8.78 Å². The molecule has 1 unspecified atom stereocenters. The number of hydrogen-bond donors (Lipinski definition) is 2. The summed E-state index contributed by atoms with van der Waals surface area (Å²) in [5.74, 6) is -0.152. The summed E-state index contributed by atoms with van der Waals surface area (Å²) >= 11 is 0. The predicted molar refractivity (Wildman–Crippen MR) is 121 cm³/mol. The van der Waals surface area contributed by atoms with Crippen molar-refractivity contribution < 1.29 is 28.2 Å². The molecule has 1 amide bonds. The van der Waals surface area contributed by atoms with Crippen LogP contribution in [-0.4, -0.2) is 58.1 Å². The summed E-state index contributed by atoms with van der Waals surface area (Å²) in [7, 11) is 1.52. The quantitative estimate of drug-likeness (QED) is 0.481. The van der Waals surface area contributed by atoms with Crippen LogP contribution in [0.25, 0.3) is 11.1 Å². The lowest BCUT2D eigenvalue weighted by Crippen LogP contribution is -2.31. The van der Waals surface area contributed by atoms with E-state index < -0.39 is 25.0 Å². The van der Waals surface area contributed by atoms with Gasteiger partial charge < -0.3 is 14.7 Å². The molecular weight excluding hydrogens is 444 g/mol. The Morgan fingerprint density at radius 3 is 2.76 bits per heavy atom. The molecule has 0 radical (unpaired) electrons. The molecule has 3 aromatic rings. The Morgan fingerprint density at radius 2 is 2.06 bits per heavy atom. The molecule has 2 N–H and O–H groups in total. The Hall–Kier alpha value is -3.59. The van der Waals surface area contributed by atoms with E-state index in [2.05, 4.69) is 10.2 Å². The van der Waals surface area contributed by atoms with Crippen molar-refractivity contribution in [1.82, 2.24) is 15.1 Å². The molecule has 2 aromatic carbocycles. The van der Waals surface area contributed by atoms with E-state index in [1.54, 1.807) is 59.8 Å². The van der Waals surface area contributed by atoms with E-state index in [1.165, 1.54) is 7.11 Å². The third kappa shape index (κ3) is 4.99. The number of methoxy groups -OCH3 is 1. The molecule has 9 heteroatoms. The number of hydrogen-bond acceptors (Lipinski definition) is 5. The first kappa shape index (κ1) is 23.6. The van der Waals surface area contributed by atoms with E-state index in [0.29, 0.717) is 28.9 Å². The second-order valence-corrected chi connectivity index (χ2v) is 8.24. The number of aromatic nitrogens is 2. The number of aromatic amines is 1. The third-order valence-corrected chi connectivity index (χ3v) is 5.98. The summed E-state index contributed by atoms with van der Waals surface area (Å²) in [5, 5.41) is 17.0. The normalized spacial score (nSPS) is 17.9. The van der Waals surface area contributed by atoms with E-state index >= 15 is 0 Å². The maximum absolute atomic E-state index is 13.4. The zero-order valence-corrected chi connectivity index (χ0v) is 18.6. The minimum atomic E-state index is -2.54. The average Bonchev–Trinajstić information content (AvgIpc) is 3.51. The van der Waals surface area contributed by atoms with Gasteiger partial charge in [-0.2, -0.15) is 5.10 Å². The fourth-order valence-electron chi connectivity index (χ4n) is 4.28. The Balaban J connectivity index is 1.59.